The van der Waals surface area contributed by atoms with E-state index in [1.54, 1.807) is 6.20 Å². The second kappa shape index (κ2) is 5.92. The maximum atomic E-state index is 13.9. The lowest BCUT2D eigenvalue weighted by Gasteiger charge is -2.27. The first-order chi connectivity index (χ1) is 10.9. The number of benzene rings is 1. The summed E-state index contributed by atoms with van der Waals surface area (Å²) in [5.41, 5.74) is 6.66. The minimum atomic E-state index is -0.611. The summed E-state index contributed by atoms with van der Waals surface area (Å²) in [4.78, 5) is 15.2. The summed E-state index contributed by atoms with van der Waals surface area (Å²) in [7, 11) is 0. The Morgan fingerprint density at radius 3 is 2.96 bits per heavy atom. The van der Waals surface area contributed by atoms with Gasteiger partial charge in [-0.1, -0.05) is 6.42 Å². The lowest BCUT2D eigenvalue weighted by Crippen LogP contribution is -2.47. The van der Waals surface area contributed by atoms with Crippen molar-refractivity contribution in [3.8, 4) is 0 Å². The third-order valence-electron chi connectivity index (χ3n) is 5.01. The topological polar surface area (TPSA) is 70.9 Å². The third kappa shape index (κ3) is 2.83. The van der Waals surface area contributed by atoms with Gasteiger partial charge in [0.05, 0.1) is 10.9 Å². The van der Waals surface area contributed by atoms with Gasteiger partial charge in [0.15, 0.2) is 0 Å². The summed E-state index contributed by atoms with van der Waals surface area (Å²) in [6.45, 7) is 2.29. The Labute approximate surface area is 133 Å². The zero-order chi connectivity index (χ0) is 16.6. The van der Waals surface area contributed by atoms with Crippen molar-refractivity contribution in [2.45, 2.75) is 38.6 Å². The summed E-state index contributed by atoms with van der Waals surface area (Å²) in [6, 6.07) is 2.02. The van der Waals surface area contributed by atoms with Crippen LogP contribution >= 0.6 is 0 Å². The van der Waals surface area contributed by atoms with Crippen molar-refractivity contribution in [1.29, 1.82) is 0 Å². The molecule has 124 valence electrons. The lowest BCUT2D eigenvalue weighted by atomic mass is 9.84. The Balaban J connectivity index is 1.67. The fraction of sp³-hybridized carbons (Fsp3) is 0.471. The molecule has 1 aliphatic rings. The number of nitrogens with one attached hydrogen (secondary N) is 2. The molecule has 2 atom stereocenters. The van der Waals surface area contributed by atoms with Crippen molar-refractivity contribution in [2.75, 3.05) is 6.54 Å². The maximum absolute atomic E-state index is 13.9. The van der Waals surface area contributed by atoms with E-state index in [1.807, 2.05) is 6.92 Å². The van der Waals surface area contributed by atoms with Gasteiger partial charge in [0.1, 0.15) is 11.6 Å². The lowest BCUT2D eigenvalue weighted by molar-refractivity contribution is -0.130. The van der Waals surface area contributed by atoms with Crippen LogP contribution in [0.3, 0.4) is 0 Å². The Hall–Kier alpha value is -1.95. The molecule has 2 aromatic rings. The highest BCUT2D eigenvalue weighted by Crippen LogP contribution is 2.36. The molecule has 1 aliphatic carbocycles. The Bertz CT molecular complexity index is 743. The van der Waals surface area contributed by atoms with Gasteiger partial charge in [-0.15, -0.1) is 0 Å². The van der Waals surface area contributed by atoms with Crippen LogP contribution in [0.2, 0.25) is 0 Å². The number of halogens is 2. The highest BCUT2D eigenvalue weighted by atomic mass is 19.1. The fourth-order valence-electron chi connectivity index (χ4n) is 3.44. The van der Waals surface area contributed by atoms with Crippen LogP contribution in [-0.2, 0) is 11.2 Å². The standard InChI is InChI=1S/C17H21F2N3O/c1-17(5-2-3-14(17)20)16(23)21-6-4-10-9-22-13-8-11(18)7-12(19)15(10)13/h7-9,14,22H,2-6,20H2,1H3,(H,21,23). The normalized spacial score (nSPS) is 24.3. The van der Waals surface area contributed by atoms with E-state index in [4.69, 9.17) is 5.73 Å². The molecule has 1 amide bonds. The van der Waals surface area contributed by atoms with E-state index < -0.39 is 17.0 Å². The number of nitrogens with two attached hydrogens (primary N) is 1. The highest BCUT2D eigenvalue weighted by molar-refractivity contribution is 5.85. The number of hydrogen-bond acceptors (Lipinski definition) is 2. The van der Waals surface area contributed by atoms with Gasteiger partial charge in [0.2, 0.25) is 5.91 Å². The van der Waals surface area contributed by atoms with E-state index in [-0.39, 0.29) is 11.9 Å². The zero-order valence-electron chi connectivity index (χ0n) is 13.1. The van der Waals surface area contributed by atoms with E-state index in [2.05, 4.69) is 10.3 Å². The number of amides is 1. The number of hydrogen-bond donors (Lipinski definition) is 3. The van der Waals surface area contributed by atoms with Crippen LogP contribution in [-0.4, -0.2) is 23.5 Å². The molecule has 4 N–H and O–H groups in total. The molecule has 3 rings (SSSR count). The van der Waals surface area contributed by atoms with Gasteiger partial charge in [-0.2, -0.15) is 0 Å². The largest absolute Gasteiger partial charge is 0.361 e. The van der Waals surface area contributed by atoms with Crippen LogP contribution in [0.15, 0.2) is 18.3 Å². The molecule has 4 nitrogen and oxygen atoms in total. The van der Waals surface area contributed by atoms with E-state index >= 15 is 0 Å². The molecule has 1 saturated carbocycles. The van der Waals surface area contributed by atoms with Crippen LogP contribution in [0.5, 0.6) is 0 Å². The number of aromatic amines is 1. The van der Waals surface area contributed by atoms with Gasteiger partial charge < -0.3 is 16.0 Å². The first-order valence-electron chi connectivity index (χ1n) is 7.91. The monoisotopic (exact) mass is 321 g/mol. The quantitative estimate of drug-likeness (QED) is 0.810. The molecular weight excluding hydrogens is 300 g/mol. The first kappa shape index (κ1) is 15.9. The summed E-state index contributed by atoms with van der Waals surface area (Å²) < 4.78 is 27.1. The van der Waals surface area contributed by atoms with Crippen LogP contribution in [0, 0.1) is 17.0 Å². The van der Waals surface area contributed by atoms with Gasteiger partial charge in [0, 0.05) is 30.2 Å². The minimum absolute atomic E-state index is 0.0474. The molecule has 2 unspecified atom stereocenters. The highest BCUT2D eigenvalue weighted by Gasteiger charge is 2.42. The fourth-order valence-corrected chi connectivity index (χ4v) is 3.44. The van der Waals surface area contributed by atoms with Crippen molar-refractivity contribution in [3.63, 3.8) is 0 Å². The van der Waals surface area contributed by atoms with Crippen molar-refractivity contribution < 1.29 is 13.6 Å². The molecule has 0 aliphatic heterocycles. The van der Waals surface area contributed by atoms with Gasteiger partial charge >= 0.3 is 0 Å². The molecular formula is C17H21F2N3O. The molecule has 1 aromatic carbocycles. The second-order valence-corrected chi connectivity index (χ2v) is 6.55. The van der Waals surface area contributed by atoms with Crippen molar-refractivity contribution in [2.24, 2.45) is 11.1 Å². The predicted octanol–water partition coefficient (Wildman–Crippen LogP) is 2.62. The summed E-state index contributed by atoms with van der Waals surface area (Å²) >= 11 is 0. The van der Waals surface area contributed by atoms with Gasteiger partial charge in [-0.25, -0.2) is 8.78 Å². The molecule has 0 spiro atoms. The first-order valence-corrected chi connectivity index (χ1v) is 7.91. The summed E-state index contributed by atoms with van der Waals surface area (Å²) in [5.74, 6) is -1.25. The van der Waals surface area contributed by atoms with Crippen LogP contribution in [0.4, 0.5) is 8.78 Å². The van der Waals surface area contributed by atoms with Crippen LogP contribution in [0.25, 0.3) is 10.9 Å². The van der Waals surface area contributed by atoms with E-state index in [9.17, 15) is 13.6 Å². The maximum Gasteiger partial charge on any atom is 0.227 e. The van der Waals surface area contributed by atoms with Gasteiger partial charge in [0.25, 0.3) is 0 Å². The number of aromatic nitrogens is 1. The summed E-state index contributed by atoms with van der Waals surface area (Å²) in [6.07, 6.45) is 4.75. The summed E-state index contributed by atoms with van der Waals surface area (Å²) in [5, 5.41) is 3.28. The molecule has 0 bridgehead atoms. The molecule has 1 aromatic heterocycles. The van der Waals surface area contributed by atoms with Gasteiger partial charge in [-0.3, -0.25) is 4.79 Å². The van der Waals surface area contributed by atoms with Gasteiger partial charge in [-0.05, 0) is 37.8 Å². The number of carbonyl (C=O) groups excluding carboxylic acids is 1. The van der Waals surface area contributed by atoms with Crippen LogP contribution < -0.4 is 11.1 Å². The number of carbonyl (C=O) groups is 1. The molecule has 23 heavy (non-hydrogen) atoms. The van der Waals surface area contributed by atoms with E-state index in [0.717, 1.165) is 30.9 Å². The number of H-pyrrole nitrogens is 1. The van der Waals surface area contributed by atoms with E-state index in [0.29, 0.717) is 23.9 Å². The molecule has 0 saturated heterocycles. The second-order valence-electron chi connectivity index (χ2n) is 6.55. The molecule has 6 heteroatoms. The molecule has 0 radical (unpaired) electrons. The number of fused-ring (bicyclic) bond motifs is 1. The average Bonchev–Trinajstić information content (AvgIpc) is 3.04. The minimum Gasteiger partial charge on any atom is -0.361 e. The average molecular weight is 321 g/mol. The molecule has 1 heterocycles. The molecule has 1 fully saturated rings. The van der Waals surface area contributed by atoms with E-state index in [1.165, 1.54) is 6.07 Å². The Kier molecular flexibility index (Phi) is 4.10. The smallest absolute Gasteiger partial charge is 0.227 e. The third-order valence-corrected chi connectivity index (χ3v) is 5.01. The number of rotatable bonds is 4. The zero-order valence-corrected chi connectivity index (χ0v) is 13.1. The predicted molar refractivity (Wildman–Crippen MR) is 84.9 cm³/mol. The van der Waals surface area contributed by atoms with Crippen molar-refractivity contribution in [1.82, 2.24) is 10.3 Å². The van der Waals surface area contributed by atoms with Crippen molar-refractivity contribution >= 4 is 16.8 Å². The SMILES string of the molecule is CC1(C(=O)NCCc2c[nH]c3cc(F)cc(F)c23)CCCC1N. The van der Waals surface area contributed by atoms with Crippen LogP contribution in [0.1, 0.15) is 31.7 Å². The Morgan fingerprint density at radius 1 is 1.48 bits per heavy atom. The Morgan fingerprint density at radius 2 is 2.26 bits per heavy atom. The van der Waals surface area contributed by atoms with Crippen molar-refractivity contribution in [3.05, 3.63) is 35.5 Å².